The number of hydrogen-bond donors (Lipinski definition) is 1. The van der Waals surface area contributed by atoms with Crippen LogP contribution in [0.25, 0.3) is 0 Å². The van der Waals surface area contributed by atoms with Gasteiger partial charge in [0.2, 0.25) is 0 Å². The first-order chi connectivity index (χ1) is 8.98. The Bertz CT molecular complexity index is 334. The Morgan fingerprint density at radius 1 is 1.05 bits per heavy atom. The van der Waals surface area contributed by atoms with Crippen molar-refractivity contribution >= 4 is 12.1 Å². The van der Waals surface area contributed by atoms with Gasteiger partial charge in [0.25, 0.3) is 0 Å². The van der Waals surface area contributed by atoms with E-state index in [-0.39, 0.29) is 12.5 Å². The van der Waals surface area contributed by atoms with E-state index in [4.69, 9.17) is 9.47 Å². The monoisotopic (exact) mass is 286 g/mol. The first-order valence-electron chi connectivity index (χ1n) is 6.92. The van der Waals surface area contributed by atoms with E-state index >= 15 is 0 Å². The maximum atomic E-state index is 12.0. The molecule has 0 spiro atoms. The van der Waals surface area contributed by atoms with E-state index in [1.807, 2.05) is 41.5 Å². The van der Waals surface area contributed by atoms with Gasteiger partial charge in [-0.05, 0) is 41.5 Å². The summed E-state index contributed by atoms with van der Waals surface area (Å²) in [6.07, 6.45) is -0.396. The van der Waals surface area contributed by atoms with Crippen LogP contribution in [0.2, 0.25) is 0 Å². The average Bonchev–Trinajstić information content (AvgIpc) is 2.24. The summed E-state index contributed by atoms with van der Waals surface area (Å²) in [6, 6.07) is -0.504. The highest BCUT2D eigenvalue weighted by Crippen LogP contribution is 2.13. The molecular formula is C14H26N2O4. The zero-order chi connectivity index (χ0) is 15.6. The molecule has 116 valence electrons. The first kappa shape index (κ1) is 16.8. The number of amides is 1. The predicted octanol–water partition coefficient (Wildman–Crippen LogP) is 1.54. The number of hydrogen-bond acceptors (Lipinski definition) is 5. The van der Waals surface area contributed by atoms with Crippen molar-refractivity contribution in [2.45, 2.75) is 58.8 Å². The first-order valence-corrected chi connectivity index (χ1v) is 6.92. The molecule has 1 atom stereocenters. The molecule has 1 saturated heterocycles. The summed E-state index contributed by atoms with van der Waals surface area (Å²) in [5.41, 5.74) is -1.07. The van der Waals surface area contributed by atoms with Gasteiger partial charge in [-0.1, -0.05) is 0 Å². The third-order valence-corrected chi connectivity index (χ3v) is 2.52. The fourth-order valence-electron chi connectivity index (χ4n) is 1.77. The van der Waals surface area contributed by atoms with Gasteiger partial charge in [0, 0.05) is 13.1 Å². The lowest BCUT2D eigenvalue weighted by molar-refractivity contribution is -0.158. The van der Waals surface area contributed by atoms with E-state index < -0.39 is 23.3 Å². The fraction of sp³-hybridized carbons (Fsp3) is 0.857. The molecule has 1 amide bonds. The second kappa shape index (κ2) is 5.99. The minimum Gasteiger partial charge on any atom is -0.459 e. The van der Waals surface area contributed by atoms with Crippen LogP contribution in [0.4, 0.5) is 4.79 Å². The van der Waals surface area contributed by atoms with Gasteiger partial charge >= 0.3 is 12.1 Å². The van der Waals surface area contributed by atoms with Crippen molar-refractivity contribution in [3.63, 3.8) is 0 Å². The van der Waals surface area contributed by atoms with Gasteiger partial charge in [0.05, 0.1) is 6.54 Å². The predicted molar refractivity (Wildman–Crippen MR) is 75.4 cm³/mol. The third kappa shape index (κ3) is 5.77. The van der Waals surface area contributed by atoms with Crippen LogP contribution >= 0.6 is 0 Å². The van der Waals surface area contributed by atoms with Crippen molar-refractivity contribution in [3.8, 4) is 0 Å². The summed E-state index contributed by atoms with van der Waals surface area (Å²) in [5.74, 6) is -0.342. The highest BCUT2D eigenvalue weighted by Gasteiger charge is 2.33. The van der Waals surface area contributed by atoms with Crippen molar-refractivity contribution in [2.24, 2.45) is 0 Å². The molecule has 1 N–H and O–H groups in total. The maximum absolute atomic E-state index is 12.0. The normalized spacial score (nSPS) is 20.5. The summed E-state index contributed by atoms with van der Waals surface area (Å²) < 4.78 is 10.6. The lowest BCUT2D eigenvalue weighted by Crippen LogP contribution is -2.57. The highest BCUT2D eigenvalue weighted by molar-refractivity contribution is 5.78. The van der Waals surface area contributed by atoms with Crippen LogP contribution in [-0.2, 0) is 14.3 Å². The summed E-state index contributed by atoms with van der Waals surface area (Å²) in [7, 11) is 0. The Morgan fingerprint density at radius 2 is 1.60 bits per heavy atom. The second-order valence-corrected chi connectivity index (χ2v) is 6.97. The summed E-state index contributed by atoms with van der Waals surface area (Å²) >= 11 is 0. The maximum Gasteiger partial charge on any atom is 0.410 e. The quantitative estimate of drug-likeness (QED) is 0.741. The molecule has 1 fully saturated rings. The summed E-state index contributed by atoms with van der Waals surface area (Å²) in [6.45, 7) is 12.2. The van der Waals surface area contributed by atoms with Crippen molar-refractivity contribution in [2.75, 3.05) is 19.6 Å². The van der Waals surface area contributed by atoms with E-state index in [9.17, 15) is 9.59 Å². The summed E-state index contributed by atoms with van der Waals surface area (Å²) in [5, 5.41) is 3.07. The molecule has 0 aliphatic carbocycles. The van der Waals surface area contributed by atoms with Crippen LogP contribution in [0.3, 0.4) is 0 Å². The van der Waals surface area contributed by atoms with Crippen molar-refractivity contribution in [1.82, 2.24) is 10.2 Å². The largest absolute Gasteiger partial charge is 0.459 e. The number of ether oxygens (including phenoxy) is 2. The van der Waals surface area contributed by atoms with Gasteiger partial charge in [-0.2, -0.15) is 0 Å². The van der Waals surface area contributed by atoms with E-state index in [0.717, 1.165) is 0 Å². The number of piperazine rings is 1. The number of esters is 1. The van der Waals surface area contributed by atoms with Crippen molar-refractivity contribution in [3.05, 3.63) is 0 Å². The van der Waals surface area contributed by atoms with Gasteiger partial charge in [-0.15, -0.1) is 0 Å². The molecule has 0 aromatic carbocycles. The molecule has 0 aromatic rings. The van der Waals surface area contributed by atoms with E-state index in [2.05, 4.69) is 5.32 Å². The average molecular weight is 286 g/mol. The van der Waals surface area contributed by atoms with Gasteiger partial charge in [-0.25, -0.2) is 4.79 Å². The molecule has 0 saturated carbocycles. The third-order valence-electron chi connectivity index (χ3n) is 2.52. The Hall–Kier alpha value is -1.30. The zero-order valence-electron chi connectivity index (χ0n) is 13.3. The van der Waals surface area contributed by atoms with Gasteiger partial charge < -0.3 is 19.7 Å². The Balaban J connectivity index is 2.58. The molecule has 1 rings (SSSR count). The standard InChI is InChI=1S/C14H26N2O4/c1-13(2,3)19-11(17)10-9-16(8-7-15-10)12(18)20-14(4,5)6/h10,15H,7-9H2,1-6H3/t10-/m0/s1. The number of carbonyl (C=O) groups is 2. The zero-order valence-corrected chi connectivity index (χ0v) is 13.3. The number of carbonyl (C=O) groups excluding carboxylic acids is 2. The molecule has 0 unspecified atom stereocenters. The van der Waals surface area contributed by atoms with E-state index in [1.54, 1.807) is 0 Å². The Morgan fingerprint density at radius 3 is 2.10 bits per heavy atom. The van der Waals surface area contributed by atoms with E-state index in [1.165, 1.54) is 4.90 Å². The van der Waals surface area contributed by atoms with Crippen molar-refractivity contribution in [1.29, 1.82) is 0 Å². The minimum atomic E-state index is -0.538. The fourth-order valence-corrected chi connectivity index (χ4v) is 1.77. The highest BCUT2D eigenvalue weighted by atomic mass is 16.6. The molecule has 6 heteroatoms. The molecule has 0 radical (unpaired) electrons. The SMILES string of the molecule is CC(C)(C)OC(=O)[C@@H]1CN(C(=O)OC(C)(C)C)CCN1. The topological polar surface area (TPSA) is 67.9 Å². The second-order valence-electron chi connectivity index (χ2n) is 6.97. The molecule has 6 nitrogen and oxygen atoms in total. The van der Waals surface area contributed by atoms with Crippen molar-refractivity contribution < 1.29 is 19.1 Å². The van der Waals surface area contributed by atoms with Crippen LogP contribution in [0.1, 0.15) is 41.5 Å². The Kier molecular flexibility index (Phi) is 5.02. The summed E-state index contributed by atoms with van der Waals surface area (Å²) in [4.78, 5) is 25.5. The lowest BCUT2D eigenvalue weighted by atomic mass is 10.1. The number of nitrogens with one attached hydrogen (secondary N) is 1. The molecule has 1 aliphatic heterocycles. The lowest BCUT2D eigenvalue weighted by Gasteiger charge is -2.34. The molecule has 1 aliphatic rings. The smallest absolute Gasteiger partial charge is 0.410 e. The molecule has 20 heavy (non-hydrogen) atoms. The van der Waals surface area contributed by atoms with Crippen LogP contribution < -0.4 is 5.32 Å². The molecule has 0 aromatic heterocycles. The van der Waals surface area contributed by atoms with Crippen LogP contribution in [0.5, 0.6) is 0 Å². The van der Waals surface area contributed by atoms with Crippen LogP contribution in [0, 0.1) is 0 Å². The molecule has 1 heterocycles. The van der Waals surface area contributed by atoms with Gasteiger partial charge in [0.15, 0.2) is 0 Å². The van der Waals surface area contributed by atoms with Crippen LogP contribution in [-0.4, -0.2) is 53.8 Å². The van der Waals surface area contributed by atoms with Crippen LogP contribution in [0.15, 0.2) is 0 Å². The number of rotatable bonds is 1. The van der Waals surface area contributed by atoms with E-state index in [0.29, 0.717) is 13.1 Å². The van der Waals surface area contributed by atoms with Gasteiger partial charge in [0.1, 0.15) is 17.2 Å². The molecular weight excluding hydrogens is 260 g/mol. The number of nitrogens with zero attached hydrogens (tertiary/aromatic N) is 1. The Labute approximate surface area is 120 Å². The molecule has 0 bridgehead atoms. The van der Waals surface area contributed by atoms with Gasteiger partial charge in [-0.3, -0.25) is 4.79 Å². The minimum absolute atomic E-state index is 0.268.